The number of carbonyl (C=O) groups excluding carboxylic acids is 1. The molecular formula is C7H11N3O3. The van der Waals surface area contributed by atoms with Crippen molar-refractivity contribution in [3.05, 3.63) is 11.4 Å². The van der Waals surface area contributed by atoms with Crippen LogP contribution in [-0.2, 0) is 4.74 Å². The smallest absolute Gasteiger partial charge is 0.275 e. The van der Waals surface area contributed by atoms with Gasteiger partial charge in [-0.25, -0.2) is 4.63 Å². The molecule has 0 atom stereocenters. The quantitative estimate of drug-likeness (QED) is 0.655. The molecule has 1 aromatic heterocycles. The van der Waals surface area contributed by atoms with E-state index in [-0.39, 0.29) is 11.6 Å². The molecule has 0 radical (unpaired) electrons. The highest BCUT2D eigenvalue weighted by molar-refractivity contribution is 5.92. The average molecular weight is 185 g/mol. The zero-order valence-electron chi connectivity index (χ0n) is 7.53. The van der Waals surface area contributed by atoms with Crippen LogP contribution in [0.25, 0.3) is 0 Å². The van der Waals surface area contributed by atoms with Crippen molar-refractivity contribution >= 4 is 5.91 Å². The molecule has 1 aromatic rings. The lowest BCUT2D eigenvalue weighted by molar-refractivity contribution is 0.0927. The van der Waals surface area contributed by atoms with Gasteiger partial charge in [-0.05, 0) is 12.1 Å². The Bertz CT molecular complexity index is 284. The topological polar surface area (TPSA) is 77.2 Å². The molecule has 0 spiro atoms. The fourth-order valence-corrected chi connectivity index (χ4v) is 0.788. The minimum Gasteiger partial charge on any atom is -0.383 e. The van der Waals surface area contributed by atoms with Crippen LogP contribution in [0.5, 0.6) is 0 Å². The Labute approximate surface area is 75.2 Å². The summed E-state index contributed by atoms with van der Waals surface area (Å²) in [5.41, 5.74) is 0.700. The number of aromatic nitrogens is 2. The largest absolute Gasteiger partial charge is 0.383 e. The van der Waals surface area contributed by atoms with Crippen molar-refractivity contribution in [2.45, 2.75) is 6.92 Å². The monoisotopic (exact) mass is 185 g/mol. The van der Waals surface area contributed by atoms with Gasteiger partial charge in [0.15, 0.2) is 5.69 Å². The number of nitrogens with one attached hydrogen (secondary N) is 1. The lowest BCUT2D eigenvalue weighted by Crippen LogP contribution is -2.27. The van der Waals surface area contributed by atoms with E-state index in [4.69, 9.17) is 4.74 Å². The molecule has 0 saturated heterocycles. The first kappa shape index (κ1) is 9.66. The molecule has 13 heavy (non-hydrogen) atoms. The number of nitrogens with zero attached hydrogens (tertiary/aromatic N) is 2. The van der Waals surface area contributed by atoms with E-state index >= 15 is 0 Å². The molecule has 6 heteroatoms. The van der Waals surface area contributed by atoms with Crippen LogP contribution in [0.2, 0.25) is 0 Å². The predicted octanol–water partition coefficient (Wildman–Crippen LogP) is -0.246. The molecule has 1 heterocycles. The highest BCUT2D eigenvalue weighted by atomic mass is 16.6. The second-order valence-electron chi connectivity index (χ2n) is 2.45. The zero-order chi connectivity index (χ0) is 9.68. The van der Waals surface area contributed by atoms with Crippen LogP contribution in [0.3, 0.4) is 0 Å². The van der Waals surface area contributed by atoms with Crippen molar-refractivity contribution in [2.75, 3.05) is 20.3 Å². The van der Waals surface area contributed by atoms with Crippen molar-refractivity contribution < 1.29 is 14.2 Å². The van der Waals surface area contributed by atoms with Crippen LogP contribution < -0.4 is 5.32 Å². The van der Waals surface area contributed by atoms with Crippen molar-refractivity contribution in [1.82, 2.24) is 15.6 Å². The molecule has 0 bridgehead atoms. The lowest BCUT2D eigenvalue weighted by atomic mass is 10.3. The molecular weight excluding hydrogens is 174 g/mol. The zero-order valence-corrected chi connectivity index (χ0v) is 7.53. The summed E-state index contributed by atoms with van der Waals surface area (Å²) in [5, 5.41) is 9.54. The van der Waals surface area contributed by atoms with Gasteiger partial charge < -0.3 is 10.1 Å². The predicted molar refractivity (Wildman–Crippen MR) is 43.2 cm³/mol. The highest BCUT2D eigenvalue weighted by Gasteiger charge is 2.13. The van der Waals surface area contributed by atoms with Gasteiger partial charge in [-0.15, -0.1) is 0 Å². The summed E-state index contributed by atoms with van der Waals surface area (Å²) in [6, 6.07) is 0. The summed E-state index contributed by atoms with van der Waals surface area (Å²) in [6.45, 7) is 2.57. The summed E-state index contributed by atoms with van der Waals surface area (Å²) < 4.78 is 9.15. The molecule has 0 saturated carbocycles. The van der Waals surface area contributed by atoms with E-state index in [9.17, 15) is 4.79 Å². The van der Waals surface area contributed by atoms with Crippen LogP contribution in [-0.4, -0.2) is 36.5 Å². The Kier molecular flexibility index (Phi) is 3.39. The van der Waals surface area contributed by atoms with Gasteiger partial charge in [-0.2, -0.15) is 0 Å². The van der Waals surface area contributed by atoms with E-state index in [1.165, 1.54) is 0 Å². The SMILES string of the molecule is COCCNC(=O)c1nonc1C. The highest BCUT2D eigenvalue weighted by Crippen LogP contribution is 1.98. The summed E-state index contributed by atoms with van der Waals surface area (Å²) in [6.07, 6.45) is 0. The second-order valence-corrected chi connectivity index (χ2v) is 2.45. The summed E-state index contributed by atoms with van der Waals surface area (Å²) in [5.74, 6) is -0.296. The Hall–Kier alpha value is -1.43. The van der Waals surface area contributed by atoms with Crippen molar-refractivity contribution in [1.29, 1.82) is 0 Å². The molecule has 1 rings (SSSR count). The molecule has 6 nitrogen and oxygen atoms in total. The Morgan fingerprint density at radius 3 is 2.92 bits per heavy atom. The van der Waals surface area contributed by atoms with E-state index in [1.807, 2.05) is 0 Å². The normalized spacial score (nSPS) is 10.0. The summed E-state index contributed by atoms with van der Waals surface area (Å²) in [4.78, 5) is 11.3. The third kappa shape index (κ3) is 2.51. The first-order chi connectivity index (χ1) is 6.25. The number of hydrogen-bond donors (Lipinski definition) is 1. The molecule has 0 fully saturated rings. The van der Waals surface area contributed by atoms with Crippen molar-refractivity contribution in [3.63, 3.8) is 0 Å². The van der Waals surface area contributed by atoms with E-state index < -0.39 is 0 Å². The van der Waals surface area contributed by atoms with Gasteiger partial charge in [0.05, 0.1) is 6.61 Å². The third-order valence-electron chi connectivity index (χ3n) is 1.46. The number of hydrogen-bond acceptors (Lipinski definition) is 5. The maximum absolute atomic E-state index is 11.3. The summed E-state index contributed by atoms with van der Waals surface area (Å²) in [7, 11) is 1.56. The second kappa shape index (κ2) is 4.56. The van der Waals surface area contributed by atoms with E-state index in [0.717, 1.165) is 0 Å². The Balaban J connectivity index is 2.45. The fourth-order valence-electron chi connectivity index (χ4n) is 0.788. The van der Waals surface area contributed by atoms with Crippen LogP contribution >= 0.6 is 0 Å². The van der Waals surface area contributed by atoms with Crippen LogP contribution in [0.4, 0.5) is 0 Å². The molecule has 1 amide bonds. The third-order valence-corrected chi connectivity index (χ3v) is 1.46. The van der Waals surface area contributed by atoms with Gasteiger partial charge in [0.2, 0.25) is 0 Å². The van der Waals surface area contributed by atoms with E-state index in [2.05, 4.69) is 20.3 Å². The first-order valence-corrected chi connectivity index (χ1v) is 3.82. The average Bonchev–Trinajstić information content (AvgIpc) is 2.52. The van der Waals surface area contributed by atoms with Gasteiger partial charge >= 0.3 is 0 Å². The van der Waals surface area contributed by atoms with Crippen molar-refractivity contribution in [2.24, 2.45) is 0 Å². The van der Waals surface area contributed by atoms with E-state index in [1.54, 1.807) is 14.0 Å². The van der Waals surface area contributed by atoms with Gasteiger partial charge in [0.25, 0.3) is 5.91 Å². The Morgan fingerprint density at radius 1 is 1.62 bits per heavy atom. The van der Waals surface area contributed by atoms with Crippen molar-refractivity contribution in [3.8, 4) is 0 Å². The lowest BCUT2D eigenvalue weighted by Gasteiger charge is -2.00. The molecule has 1 N–H and O–H groups in total. The number of rotatable bonds is 4. The standard InChI is InChI=1S/C7H11N3O3/c1-5-6(10-13-9-5)7(11)8-3-4-12-2/h3-4H2,1-2H3,(H,8,11). The van der Waals surface area contributed by atoms with Gasteiger partial charge in [-0.3, -0.25) is 4.79 Å². The number of aryl methyl sites for hydroxylation is 1. The molecule has 72 valence electrons. The Morgan fingerprint density at radius 2 is 2.38 bits per heavy atom. The van der Waals surface area contributed by atoms with Crippen LogP contribution in [0, 0.1) is 6.92 Å². The minimum absolute atomic E-state index is 0.219. The number of methoxy groups -OCH3 is 1. The molecule has 0 aliphatic rings. The number of ether oxygens (including phenoxy) is 1. The fraction of sp³-hybridized carbons (Fsp3) is 0.571. The van der Waals surface area contributed by atoms with Gasteiger partial charge in [0, 0.05) is 13.7 Å². The molecule has 0 aromatic carbocycles. The number of amides is 1. The summed E-state index contributed by atoms with van der Waals surface area (Å²) >= 11 is 0. The van der Waals surface area contributed by atoms with Crippen LogP contribution in [0.15, 0.2) is 4.63 Å². The first-order valence-electron chi connectivity index (χ1n) is 3.82. The van der Waals surface area contributed by atoms with Gasteiger partial charge in [0.1, 0.15) is 5.69 Å². The maximum Gasteiger partial charge on any atom is 0.275 e. The van der Waals surface area contributed by atoms with E-state index in [0.29, 0.717) is 18.8 Å². The maximum atomic E-state index is 11.3. The molecule has 0 aliphatic carbocycles. The molecule has 0 aliphatic heterocycles. The minimum atomic E-state index is -0.296. The van der Waals surface area contributed by atoms with Gasteiger partial charge in [-0.1, -0.05) is 5.16 Å². The number of carbonyl (C=O) groups is 1. The molecule has 0 unspecified atom stereocenters. The van der Waals surface area contributed by atoms with Crippen LogP contribution in [0.1, 0.15) is 16.2 Å².